The zero-order valence-corrected chi connectivity index (χ0v) is 30.6. The van der Waals surface area contributed by atoms with Crippen LogP contribution in [0, 0.1) is 11.6 Å². The summed E-state index contributed by atoms with van der Waals surface area (Å²) >= 11 is 0. The van der Waals surface area contributed by atoms with Gasteiger partial charge in [0.2, 0.25) is 5.78 Å². The van der Waals surface area contributed by atoms with Crippen LogP contribution in [0.5, 0.6) is 0 Å². The molecule has 5 aromatic rings. The van der Waals surface area contributed by atoms with Gasteiger partial charge in [-0.25, -0.2) is 8.78 Å². The molecule has 0 N–H and O–H groups in total. The summed E-state index contributed by atoms with van der Waals surface area (Å²) in [5.41, 5.74) is 10.7. The number of carbonyl (C=O) groups is 2. The smallest absolute Gasteiger partial charge is 0.208 e. The maximum Gasteiger partial charge on any atom is 0.208 e. The number of anilines is 1. The Labute approximate surface area is 318 Å². The lowest BCUT2D eigenvalue weighted by molar-refractivity contribution is -0.112. The fourth-order valence-corrected chi connectivity index (χ4v) is 8.84. The average molecular weight is 723 g/mol. The molecule has 4 aliphatic rings. The summed E-state index contributed by atoms with van der Waals surface area (Å²) in [6.45, 7) is 4.35. The molecule has 0 unspecified atom stereocenters. The van der Waals surface area contributed by atoms with Gasteiger partial charge in [0.25, 0.3) is 0 Å². The summed E-state index contributed by atoms with van der Waals surface area (Å²) in [6.07, 6.45) is 9.09. The van der Waals surface area contributed by atoms with E-state index in [9.17, 15) is 18.4 Å². The van der Waals surface area contributed by atoms with Crippen molar-refractivity contribution in [2.45, 2.75) is 31.1 Å². The number of hydrogen-bond donors (Lipinski definition) is 0. The van der Waals surface area contributed by atoms with E-state index in [4.69, 9.17) is 4.99 Å². The van der Waals surface area contributed by atoms with Gasteiger partial charge in [0.15, 0.2) is 5.78 Å². The number of halogens is 2. The molecule has 4 nitrogen and oxygen atoms in total. The third kappa shape index (κ3) is 5.51. The van der Waals surface area contributed by atoms with E-state index >= 15 is 0 Å². The number of fused-ring (bicyclic) bond motifs is 8. The minimum atomic E-state index is -0.391. The summed E-state index contributed by atoms with van der Waals surface area (Å²) in [7, 11) is 2.03. The number of carbonyl (C=O) groups excluding carboxylic acids is 2. The zero-order chi connectivity index (χ0) is 38.0. The molecule has 0 fully saturated rings. The van der Waals surface area contributed by atoms with Gasteiger partial charge in [-0.1, -0.05) is 123 Å². The highest BCUT2D eigenvalue weighted by atomic mass is 19.1. The second kappa shape index (κ2) is 13.1. The van der Waals surface area contributed by atoms with Crippen LogP contribution >= 0.6 is 0 Å². The number of aliphatic imine (C=N–C) groups is 1. The lowest BCUT2D eigenvalue weighted by atomic mass is 9.61. The van der Waals surface area contributed by atoms with Crippen LogP contribution in [0.2, 0.25) is 0 Å². The van der Waals surface area contributed by atoms with Crippen molar-refractivity contribution in [3.63, 3.8) is 0 Å². The van der Waals surface area contributed by atoms with Crippen molar-refractivity contribution < 1.29 is 18.4 Å². The lowest BCUT2D eigenvalue weighted by Crippen LogP contribution is -2.36. The number of nitrogens with zero attached hydrogens (tertiary/aromatic N) is 2. The predicted molar refractivity (Wildman–Crippen MR) is 215 cm³/mol. The minimum Gasteiger partial charge on any atom is -0.346 e. The first kappa shape index (κ1) is 34.3. The molecule has 0 radical (unpaired) electrons. The molecule has 0 saturated carbocycles. The summed E-state index contributed by atoms with van der Waals surface area (Å²) in [4.78, 5) is 36.3. The molecule has 1 aliphatic heterocycles. The first-order valence-corrected chi connectivity index (χ1v) is 18.4. The number of allylic oxidation sites excluding steroid dienone is 8. The van der Waals surface area contributed by atoms with Crippen LogP contribution in [0.4, 0.5) is 14.5 Å². The average Bonchev–Trinajstić information content (AvgIpc) is 3.40. The molecule has 2 atom stereocenters. The Kier molecular flexibility index (Phi) is 8.16. The van der Waals surface area contributed by atoms with Gasteiger partial charge in [-0.2, -0.15) is 0 Å². The molecule has 9 rings (SSSR count). The Balaban J connectivity index is 1.16. The molecule has 55 heavy (non-hydrogen) atoms. The molecule has 3 aliphatic carbocycles. The number of likely N-dealkylation sites (N-methyl/N-ethyl adjacent to an activating group) is 1. The molecule has 0 aromatic heterocycles. The van der Waals surface area contributed by atoms with Gasteiger partial charge in [0.1, 0.15) is 17.3 Å². The van der Waals surface area contributed by atoms with E-state index in [1.165, 1.54) is 29.8 Å². The fourth-order valence-electron chi connectivity index (χ4n) is 8.84. The Bertz CT molecular complexity index is 2590. The minimum absolute atomic E-state index is 0.131. The maximum atomic E-state index is 14.6. The van der Waals surface area contributed by atoms with Gasteiger partial charge in [-0.15, -0.1) is 0 Å². The second-order valence-electron chi connectivity index (χ2n) is 14.9. The van der Waals surface area contributed by atoms with Crippen LogP contribution in [-0.2, 0) is 15.0 Å². The first-order valence-electron chi connectivity index (χ1n) is 18.4. The highest BCUT2D eigenvalue weighted by Crippen LogP contribution is 2.54. The molecule has 6 heteroatoms. The number of ketones is 2. The summed E-state index contributed by atoms with van der Waals surface area (Å²) in [5.74, 6) is -1.79. The number of hydrogen-bond acceptors (Lipinski definition) is 4. The van der Waals surface area contributed by atoms with Crippen molar-refractivity contribution in [1.29, 1.82) is 0 Å². The van der Waals surface area contributed by atoms with E-state index in [-0.39, 0.29) is 34.5 Å². The van der Waals surface area contributed by atoms with Gasteiger partial charge in [-0.05, 0) is 75.4 Å². The number of benzene rings is 5. The zero-order valence-electron chi connectivity index (χ0n) is 30.6. The summed E-state index contributed by atoms with van der Waals surface area (Å²) < 4.78 is 27.9. The highest BCUT2D eigenvalue weighted by Gasteiger charge is 2.47. The van der Waals surface area contributed by atoms with Gasteiger partial charge >= 0.3 is 0 Å². The summed E-state index contributed by atoms with van der Waals surface area (Å²) in [5, 5.41) is 0. The molecule has 0 saturated heterocycles. The Morgan fingerprint density at radius 2 is 1.20 bits per heavy atom. The van der Waals surface area contributed by atoms with Crippen molar-refractivity contribution in [2.24, 2.45) is 4.99 Å². The van der Waals surface area contributed by atoms with Crippen LogP contribution < -0.4 is 4.90 Å². The van der Waals surface area contributed by atoms with E-state index in [0.717, 1.165) is 44.8 Å². The Morgan fingerprint density at radius 3 is 1.82 bits per heavy atom. The molecule has 0 amide bonds. The highest BCUT2D eigenvalue weighted by molar-refractivity contribution is 6.53. The second-order valence-corrected chi connectivity index (χ2v) is 14.9. The molecule has 268 valence electrons. The van der Waals surface area contributed by atoms with Gasteiger partial charge in [0.05, 0.1) is 0 Å². The SMILES string of the molecule is CN1/C(=C\N=C2C(=O)C3=CC=C4C(=O)/C(=C/C=C(c5ccc(F)cc5)c5ccc(F)cc5)c5ccccc5[C@@H]4[C@H]3c3ccccc32)C(C)(C)c2ccccc21. The third-order valence-electron chi connectivity index (χ3n) is 11.6. The van der Waals surface area contributed by atoms with E-state index in [1.54, 1.807) is 42.5 Å². The topological polar surface area (TPSA) is 49.7 Å². The maximum absolute atomic E-state index is 14.6. The Hall–Kier alpha value is -6.53. The number of Topliss-reactive ketones (excluding diaryl/α,β-unsaturated/α-hetero) is 2. The van der Waals surface area contributed by atoms with Crippen LogP contribution in [0.3, 0.4) is 0 Å². The van der Waals surface area contributed by atoms with E-state index in [2.05, 4.69) is 30.9 Å². The molecule has 1 heterocycles. The molecular formula is C49H36F2N2O2. The molecular weight excluding hydrogens is 687 g/mol. The van der Waals surface area contributed by atoms with Crippen molar-refractivity contribution in [3.05, 3.63) is 219 Å². The number of rotatable bonds is 4. The lowest BCUT2D eigenvalue weighted by Gasteiger charge is -2.40. The van der Waals surface area contributed by atoms with Gasteiger partial charge in [-0.3, -0.25) is 14.6 Å². The number of para-hydroxylation sites is 1. The quantitative estimate of drug-likeness (QED) is 0.174. The van der Waals surface area contributed by atoms with Crippen molar-refractivity contribution in [1.82, 2.24) is 0 Å². The fraction of sp³-hybridized carbons (Fsp3) is 0.122. The monoisotopic (exact) mass is 722 g/mol. The summed E-state index contributed by atoms with van der Waals surface area (Å²) in [6, 6.07) is 36.3. The van der Waals surface area contributed by atoms with E-state index in [0.29, 0.717) is 28.0 Å². The van der Waals surface area contributed by atoms with E-state index in [1.807, 2.05) is 80.0 Å². The van der Waals surface area contributed by atoms with Gasteiger partial charge in [0, 0.05) is 64.2 Å². The predicted octanol–water partition coefficient (Wildman–Crippen LogP) is 10.4. The van der Waals surface area contributed by atoms with Gasteiger partial charge < -0.3 is 4.90 Å². The molecule has 5 aromatic carbocycles. The Morgan fingerprint density at radius 1 is 0.673 bits per heavy atom. The van der Waals surface area contributed by atoms with Crippen LogP contribution in [0.1, 0.15) is 64.6 Å². The largest absolute Gasteiger partial charge is 0.346 e. The third-order valence-corrected chi connectivity index (χ3v) is 11.6. The molecule has 0 spiro atoms. The van der Waals surface area contributed by atoms with E-state index < -0.39 is 5.92 Å². The molecule has 0 bridgehead atoms. The standard InChI is InChI=1S/C49H36F2N2O2/c1-49(2)41-14-8-9-15-42(41)53(3)43(49)28-52-46-37-13-7-6-12-36(37)45-40(48(46)55)27-26-39-44(45)35-11-5-4-10-34(35)38(47(39)54)25-24-33(29-16-20-31(50)21-17-29)30-18-22-32(51)23-19-30/h4-28,44-45H,1-3H3/b38-25+,43-28-,52-46?/t44-,45-/m0/s1. The van der Waals surface area contributed by atoms with Crippen molar-refractivity contribution >= 4 is 34.1 Å². The van der Waals surface area contributed by atoms with Crippen molar-refractivity contribution in [2.75, 3.05) is 11.9 Å². The van der Waals surface area contributed by atoms with Crippen molar-refractivity contribution in [3.8, 4) is 0 Å². The van der Waals surface area contributed by atoms with Crippen LogP contribution in [0.15, 0.2) is 174 Å². The normalized spacial score (nSPS) is 21.3. The van der Waals surface area contributed by atoms with Crippen LogP contribution in [0.25, 0.3) is 11.1 Å². The first-order chi connectivity index (χ1) is 26.6. The van der Waals surface area contributed by atoms with Crippen LogP contribution in [-0.4, -0.2) is 24.3 Å².